The molecule has 0 N–H and O–H groups in total. The Morgan fingerprint density at radius 3 is 2.82 bits per heavy atom. The summed E-state index contributed by atoms with van der Waals surface area (Å²) >= 11 is 0. The third-order valence-corrected chi connectivity index (χ3v) is 3.80. The van der Waals surface area contributed by atoms with Crippen molar-refractivity contribution in [3.63, 3.8) is 0 Å². The lowest BCUT2D eigenvalue weighted by Gasteiger charge is -2.21. The molecule has 2 heterocycles. The summed E-state index contributed by atoms with van der Waals surface area (Å²) in [4.78, 5) is 32.2. The van der Waals surface area contributed by atoms with Crippen LogP contribution in [0.4, 0.5) is 0 Å². The first-order valence-corrected chi connectivity index (χ1v) is 7.62. The van der Waals surface area contributed by atoms with Gasteiger partial charge in [0.05, 0.1) is 12.9 Å². The van der Waals surface area contributed by atoms with Crippen LogP contribution < -0.4 is 0 Å². The van der Waals surface area contributed by atoms with E-state index in [9.17, 15) is 9.59 Å². The molecule has 1 aromatic rings. The average molecular weight is 308 g/mol. The summed E-state index contributed by atoms with van der Waals surface area (Å²) in [7, 11) is 1.61. The fraction of sp³-hybridized carbons (Fsp3) is 0.667. The SMILES string of the molecule is COCCN1CCCN(C(=O)c2cn(C(C)C)cn2)CC1=O. The van der Waals surface area contributed by atoms with Crippen molar-refractivity contribution in [3.05, 3.63) is 18.2 Å². The fourth-order valence-corrected chi connectivity index (χ4v) is 2.42. The van der Waals surface area contributed by atoms with Gasteiger partial charge in [0.25, 0.3) is 5.91 Å². The first-order chi connectivity index (χ1) is 10.5. The Bertz CT molecular complexity index is 527. The van der Waals surface area contributed by atoms with E-state index in [0.717, 1.165) is 6.42 Å². The summed E-state index contributed by atoms with van der Waals surface area (Å²) in [6, 6.07) is 0.254. The van der Waals surface area contributed by atoms with Gasteiger partial charge < -0.3 is 19.1 Å². The summed E-state index contributed by atoms with van der Waals surface area (Å²) in [5.41, 5.74) is 0.395. The van der Waals surface area contributed by atoms with E-state index in [0.29, 0.717) is 31.9 Å². The molecule has 0 radical (unpaired) electrons. The highest BCUT2D eigenvalue weighted by Crippen LogP contribution is 2.11. The quantitative estimate of drug-likeness (QED) is 0.806. The summed E-state index contributed by atoms with van der Waals surface area (Å²) in [6.45, 7) is 6.47. The van der Waals surface area contributed by atoms with Gasteiger partial charge in [0.15, 0.2) is 0 Å². The van der Waals surface area contributed by atoms with E-state index >= 15 is 0 Å². The zero-order valence-electron chi connectivity index (χ0n) is 13.5. The highest BCUT2D eigenvalue weighted by atomic mass is 16.5. The van der Waals surface area contributed by atoms with E-state index in [1.54, 1.807) is 29.4 Å². The Morgan fingerprint density at radius 2 is 2.18 bits per heavy atom. The number of rotatable bonds is 5. The molecule has 0 atom stereocenters. The van der Waals surface area contributed by atoms with E-state index in [2.05, 4.69) is 4.98 Å². The monoisotopic (exact) mass is 308 g/mol. The van der Waals surface area contributed by atoms with Crippen molar-refractivity contribution in [1.82, 2.24) is 19.4 Å². The Kier molecular flexibility index (Phi) is 5.54. The van der Waals surface area contributed by atoms with Crippen LogP contribution in [0.15, 0.2) is 12.5 Å². The molecule has 22 heavy (non-hydrogen) atoms. The lowest BCUT2D eigenvalue weighted by molar-refractivity contribution is -0.131. The number of carbonyl (C=O) groups is 2. The molecule has 7 nitrogen and oxygen atoms in total. The number of ether oxygens (including phenoxy) is 1. The van der Waals surface area contributed by atoms with Gasteiger partial charge in [0.2, 0.25) is 5.91 Å². The maximum atomic E-state index is 12.5. The van der Waals surface area contributed by atoms with Crippen LogP contribution in [0.25, 0.3) is 0 Å². The van der Waals surface area contributed by atoms with Crippen molar-refractivity contribution in [2.75, 3.05) is 39.9 Å². The largest absolute Gasteiger partial charge is 0.383 e. The van der Waals surface area contributed by atoms with Crippen molar-refractivity contribution < 1.29 is 14.3 Å². The van der Waals surface area contributed by atoms with Crippen LogP contribution in [-0.4, -0.2) is 71.1 Å². The van der Waals surface area contributed by atoms with Gasteiger partial charge in [-0.3, -0.25) is 9.59 Å². The van der Waals surface area contributed by atoms with E-state index in [1.165, 1.54) is 0 Å². The second-order valence-corrected chi connectivity index (χ2v) is 5.75. The lowest BCUT2D eigenvalue weighted by atomic mass is 10.3. The number of amides is 2. The van der Waals surface area contributed by atoms with Crippen LogP contribution in [-0.2, 0) is 9.53 Å². The molecule has 122 valence electrons. The van der Waals surface area contributed by atoms with Crippen LogP contribution in [0, 0.1) is 0 Å². The Hall–Kier alpha value is -1.89. The number of hydrogen-bond acceptors (Lipinski definition) is 4. The molecule has 0 bridgehead atoms. The number of aromatic nitrogens is 2. The van der Waals surface area contributed by atoms with Crippen molar-refractivity contribution in [2.24, 2.45) is 0 Å². The maximum Gasteiger partial charge on any atom is 0.274 e. The van der Waals surface area contributed by atoms with E-state index in [-0.39, 0.29) is 24.4 Å². The minimum absolute atomic E-state index is 0.0359. The molecule has 0 aromatic carbocycles. The molecule has 1 aliphatic heterocycles. The van der Waals surface area contributed by atoms with E-state index < -0.39 is 0 Å². The Labute approximate surface area is 130 Å². The first-order valence-electron chi connectivity index (χ1n) is 7.62. The van der Waals surface area contributed by atoms with Gasteiger partial charge in [-0.15, -0.1) is 0 Å². The summed E-state index contributed by atoms with van der Waals surface area (Å²) in [5, 5.41) is 0. The molecule has 1 fully saturated rings. The second kappa shape index (κ2) is 7.40. The molecule has 0 saturated carbocycles. The lowest BCUT2D eigenvalue weighted by Crippen LogP contribution is -2.40. The van der Waals surface area contributed by atoms with Crippen molar-refractivity contribution in [2.45, 2.75) is 26.3 Å². The second-order valence-electron chi connectivity index (χ2n) is 5.75. The third kappa shape index (κ3) is 3.85. The standard InChI is InChI=1S/C15H24N4O3/c1-12(2)19-9-13(16-11-19)15(21)18-6-4-5-17(7-8-22-3)14(20)10-18/h9,11-12H,4-8,10H2,1-3H3. The summed E-state index contributed by atoms with van der Waals surface area (Å²) in [6.07, 6.45) is 4.17. The molecule has 1 aliphatic rings. The van der Waals surface area contributed by atoms with Crippen LogP contribution in [0.3, 0.4) is 0 Å². The molecule has 0 unspecified atom stereocenters. The molecule has 0 spiro atoms. The normalized spacial score (nSPS) is 16.3. The van der Waals surface area contributed by atoms with Crippen LogP contribution in [0.2, 0.25) is 0 Å². The molecule has 0 aliphatic carbocycles. The molecule has 7 heteroatoms. The highest BCUT2D eigenvalue weighted by Gasteiger charge is 2.26. The third-order valence-electron chi connectivity index (χ3n) is 3.80. The van der Waals surface area contributed by atoms with Gasteiger partial charge in [0, 0.05) is 39.0 Å². The molecular formula is C15H24N4O3. The predicted octanol–water partition coefficient (Wildman–Crippen LogP) is 0.785. The van der Waals surface area contributed by atoms with Gasteiger partial charge in [0.1, 0.15) is 12.2 Å². The molecular weight excluding hydrogens is 284 g/mol. The molecule has 1 saturated heterocycles. The molecule has 2 amide bonds. The topological polar surface area (TPSA) is 67.7 Å². The smallest absolute Gasteiger partial charge is 0.274 e. The van der Waals surface area contributed by atoms with E-state index in [1.807, 2.05) is 18.4 Å². The molecule has 2 rings (SSSR count). The van der Waals surface area contributed by atoms with E-state index in [4.69, 9.17) is 4.74 Å². The number of carbonyl (C=O) groups excluding carboxylic acids is 2. The van der Waals surface area contributed by atoms with Gasteiger partial charge in [-0.2, -0.15) is 0 Å². The Morgan fingerprint density at radius 1 is 1.41 bits per heavy atom. The maximum absolute atomic E-state index is 12.5. The van der Waals surface area contributed by atoms with Crippen molar-refractivity contribution >= 4 is 11.8 Å². The van der Waals surface area contributed by atoms with Gasteiger partial charge in [-0.1, -0.05) is 0 Å². The number of nitrogens with zero attached hydrogens (tertiary/aromatic N) is 4. The van der Waals surface area contributed by atoms with Crippen molar-refractivity contribution in [3.8, 4) is 0 Å². The number of imidazole rings is 1. The first kappa shape index (κ1) is 16.5. The minimum Gasteiger partial charge on any atom is -0.383 e. The van der Waals surface area contributed by atoms with Crippen LogP contribution in [0.5, 0.6) is 0 Å². The number of methoxy groups -OCH3 is 1. The van der Waals surface area contributed by atoms with Gasteiger partial charge in [-0.05, 0) is 20.3 Å². The van der Waals surface area contributed by atoms with Crippen molar-refractivity contribution in [1.29, 1.82) is 0 Å². The summed E-state index contributed by atoms with van der Waals surface area (Å²) < 4.78 is 6.90. The average Bonchev–Trinajstić information content (AvgIpc) is 2.91. The summed E-state index contributed by atoms with van der Waals surface area (Å²) in [5.74, 6) is -0.215. The van der Waals surface area contributed by atoms with Gasteiger partial charge >= 0.3 is 0 Å². The highest BCUT2D eigenvalue weighted by molar-refractivity contribution is 5.95. The molecule has 1 aromatic heterocycles. The fourth-order valence-electron chi connectivity index (χ4n) is 2.42. The van der Waals surface area contributed by atoms with Crippen LogP contribution >= 0.6 is 0 Å². The minimum atomic E-state index is -0.179. The zero-order valence-corrected chi connectivity index (χ0v) is 13.5. The number of hydrogen-bond donors (Lipinski definition) is 0. The predicted molar refractivity (Wildman–Crippen MR) is 81.6 cm³/mol. The van der Waals surface area contributed by atoms with Gasteiger partial charge in [-0.25, -0.2) is 4.98 Å². The van der Waals surface area contributed by atoms with Crippen LogP contribution in [0.1, 0.15) is 36.8 Å². The zero-order chi connectivity index (χ0) is 16.1. The Balaban J connectivity index is 2.02.